The molecule has 0 aromatic rings. The van der Waals surface area contributed by atoms with Crippen LogP contribution in [0.15, 0.2) is 25.3 Å². The summed E-state index contributed by atoms with van der Waals surface area (Å²) in [7, 11) is 1.75. The van der Waals surface area contributed by atoms with Crippen LogP contribution in [0.1, 0.15) is 52.9 Å². The lowest BCUT2D eigenvalue weighted by Gasteiger charge is -2.42. The van der Waals surface area contributed by atoms with Crippen LogP contribution in [0.5, 0.6) is 0 Å². The third kappa shape index (κ3) is 4.57. The van der Waals surface area contributed by atoms with Gasteiger partial charge in [0.15, 0.2) is 0 Å². The Balaban J connectivity index is 2.08. The Bertz CT molecular complexity index is 831. The molecule has 3 amide bonds. The van der Waals surface area contributed by atoms with Crippen LogP contribution in [0, 0.1) is 17.8 Å². The molecule has 0 radical (unpaired) electrons. The average Bonchev–Trinajstić information content (AvgIpc) is 3.43. The van der Waals surface area contributed by atoms with E-state index in [1.54, 1.807) is 40.8 Å². The minimum absolute atomic E-state index is 0.0123. The number of nitrogens with zero attached hydrogens (tertiary/aromatic N) is 3. The summed E-state index contributed by atoms with van der Waals surface area (Å²) in [6.45, 7) is 15.0. The topological polar surface area (TPSA) is 81.2 Å². The van der Waals surface area contributed by atoms with Crippen molar-refractivity contribution < 1.29 is 19.5 Å². The van der Waals surface area contributed by atoms with E-state index in [2.05, 4.69) is 27.0 Å². The van der Waals surface area contributed by atoms with Gasteiger partial charge >= 0.3 is 0 Å². The zero-order chi connectivity index (χ0) is 25.9. The van der Waals surface area contributed by atoms with Gasteiger partial charge in [-0.3, -0.25) is 14.4 Å². The van der Waals surface area contributed by atoms with E-state index < -0.39 is 28.7 Å². The maximum Gasteiger partial charge on any atom is 0.247 e. The van der Waals surface area contributed by atoms with Gasteiger partial charge in [-0.05, 0) is 25.2 Å². The number of aliphatic hydroxyl groups is 1. The molecular formula is C27H43N3O4S. The number of thioether (sulfide) groups is 1. The van der Waals surface area contributed by atoms with Crippen molar-refractivity contribution in [3.63, 3.8) is 0 Å². The minimum atomic E-state index is -0.689. The van der Waals surface area contributed by atoms with Crippen LogP contribution >= 0.6 is 11.8 Å². The lowest BCUT2D eigenvalue weighted by Crippen LogP contribution is -2.59. The van der Waals surface area contributed by atoms with E-state index in [0.29, 0.717) is 26.1 Å². The van der Waals surface area contributed by atoms with Crippen LogP contribution in [0.3, 0.4) is 0 Å². The number of likely N-dealkylation sites (N-methyl/N-ethyl adjacent to an activating group) is 1. The highest BCUT2D eigenvalue weighted by Crippen LogP contribution is 2.69. The SMILES string of the molecule is C=CCN(C)C(=O)[C@@H]1[C@H]2C(=O)N([C@@H](CC)CO)C(C(=O)N(CC=C)CCCCC)C23S[C@@H]1CC3C. The van der Waals surface area contributed by atoms with Crippen molar-refractivity contribution in [1.82, 2.24) is 14.7 Å². The van der Waals surface area contributed by atoms with Crippen LogP contribution < -0.4 is 0 Å². The molecule has 1 spiro atoms. The third-order valence-electron chi connectivity index (χ3n) is 8.25. The van der Waals surface area contributed by atoms with E-state index in [1.807, 2.05) is 11.8 Å². The van der Waals surface area contributed by atoms with Crippen molar-refractivity contribution in [2.24, 2.45) is 17.8 Å². The Kier molecular flexibility index (Phi) is 9.13. The number of amides is 3. The number of carbonyl (C=O) groups excluding carboxylic acids is 3. The average molecular weight is 506 g/mol. The Morgan fingerprint density at radius 1 is 1.23 bits per heavy atom. The molecule has 2 bridgehead atoms. The molecule has 3 rings (SSSR count). The number of hydrogen-bond acceptors (Lipinski definition) is 5. The molecule has 3 saturated heterocycles. The first-order valence-corrected chi connectivity index (χ1v) is 14.0. The van der Waals surface area contributed by atoms with Crippen LogP contribution in [0.2, 0.25) is 0 Å². The fourth-order valence-corrected chi connectivity index (χ4v) is 8.93. The second-order valence-electron chi connectivity index (χ2n) is 10.3. The van der Waals surface area contributed by atoms with Crippen LogP contribution in [0.25, 0.3) is 0 Å². The quantitative estimate of drug-likeness (QED) is 0.308. The standard InChI is InChI=1S/C27H43N3O4S/c1-7-11-12-15-29(14-9-3)26(34)23-27-18(5)16-20(35-27)21(24(32)28(6)13-8-2)22(27)25(33)30(23)19(10-4)17-31/h8-9,18-23,31H,2-3,7,10-17H2,1,4-6H3/t18?,19-,20+,21-,22-,23?,27?/m0/s1. The van der Waals surface area contributed by atoms with E-state index >= 15 is 0 Å². The van der Waals surface area contributed by atoms with Crippen molar-refractivity contribution in [3.05, 3.63) is 25.3 Å². The fourth-order valence-electron chi connectivity index (χ4n) is 6.54. The van der Waals surface area contributed by atoms with Crippen molar-refractivity contribution in [1.29, 1.82) is 0 Å². The van der Waals surface area contributed by atoms with E-state index in [0.717, 1.165) is 25.7 Å². The Labute approximate surface area is 215 Å². The van der Waals surface area contributed by atoms with Gasteiger partial charge in [-0.25, -0.2) is 0 Å². The summed E-state index contributed by atoms with van der Waals surface area (Å²) in [6, 6.07) is -1.14. The van der Waals surface area contributed by atoms with Crippen molar-refractivity contribution >= 4 is 29.5 Å². The molecule has 3 unspecified atom stereocenters. The van der Waals surface area contributed by atoms with Gasteiger partial charge in [0.05, 0.1) is 29.2 Å². The smallest absolute Gasteiger partial charge is 0.247 e. The lowest BCUT2D eigenvalue weighted by molar-refractivity contribution is -0.146. The highest BCUT2D eigenvalue weighted by atomic mass is 32.2. The lowest BCUT2D eigenvalue weighted by atomic mass is 9.65. The first-order valence-electron chi connectivity index (χ1n) is 13.1. The molecular weight excluding hydrogens is 462 g/mol. The molecule has 35 heavy (non-hydrogen) atoms. The second-order valence-corrected chi connectivity index (χ2v) is 11.9. The molecule has 0 aliphatic carbocycles. The first kappa shape index (κ1) is 27.8. The predicted molar refractivity (Wildman–Crippen MR) is 141 cm³/mol. The maximum absolute atomic E-state index is 14.3. The molecule has 0 aromatic carbocycles. The number of likely N-dealkylation sites (tertiary alicyclic amines) is 1. The summed E-state index contributed by atoms with van der Waals surface area (Å²) >= 11 is 1.68. The molecule has 0 aromatic heterocycles. The summed E-state index contributed by atoms with van der Waals surface area (Å²) in [5, 5.41) is 10.2. The van der Waals surface area contributed by atoms with Gasteiger partial charge in [0.25, 0.3) is 0 Å². The normalized spacial score (nSPS) is 31.9. The van der Waals surface area contributed by atoms with Gasteiger partial charge in [-0.15, -0.1) is 24.9 Å². The molecule has 3 heterocycles. The van der Waals surface area contributed by atoms with Crippen molar-refractivity contribution in [3.8, 4) is 0 Å². The maximum atomic E-state index is 14.3. The van der Waals surface area contributed by atoms with E-state index in [1.165, 1.54) is 0 Å². The van der Waals surface area contributed by atoms with Crippen molar-refractivity contribution in [2.45, 2.75) is 75.0 Å². The molecule has 7 atom stereocenters. The number of carbonyl (C=O) groups is 3. The number of aliphatic hydroxyl groups excluding tert-OH is 1. The van der Waals surface area contributed by atoms with Gasteiger partial charge in [0, 0.05) is 31.9 Å². The Morgan fingerprint density at radius 2 is 1.91 bits per heavy atom. The predicted octanol–water partition coefficient (Wildman–Crippen LogP) is 2.94. The number of rotatable bonds is 13. The Hall–Kier alpha value is -1.80. The summed E-state index contributed by atoms with van der Waals surface area (Å²) < 4.78 is -0.666. The monoisotopic (exact) mass is 505 g/mol. The number of unbranched alkanes of at least 4 members (excludes halogenated alkanes) is 2. The van der Waals surface area contributed by atoms with E-state index in [-0.39, 0.29) is 35.5 Å². The van der Waals surface area contributed by atoms with Gasteiger partial charge in [0.1, 0.15) is 6.04 Å². The van der Waals surface area contributed by atoms with Gasteiger partial charge < -0.3 is 19.8 Å². The highest BCUT2D eigenvalue weighted by molar-refractivity contribution is 8.02. The molecule has 0 saturated carbocycles. The summed E-state index contributed by atoms with van der Waals surface area (Å²) in [6.07, 6.45) is 7.74. The molecule has 3 aliphatic rings. The summed E-state index contributed by atoms with van der Waals surface area (Å²) in [4.78, 5) is 47.1. The summed E-state index contributed by atoms with van der Waals surface area (Å²) in [5.74, 6) is -1.18. The van der Waals surface area contributed by atoms with Gasteiger partial charge in [0.2, 0.25) is 17.7 Å². The molecule has 8 heteroatoms. The van der Waals surface area contributed by atoms with Crippen molar-refractivity contribution in [2.75, 3.05) is 33.3 Å². The molecule has 3 aliphatic heterocycles. The zero-order valence-corrected chi connectivity index (χ0v) is 22.6. The van der Waals surface area contributed by atoms with E-state index in [9.17, 15) is 19.5 Å². The first-order chi connectivity index (χ1) is 16.7. The fraction of sp³-hybridized carbons (Fsp3) is 0.741. The number of fused-ring (bicyclic) bond motifs is 1. The third-order valence-corrected chi connectivity index (χ3v) is 10.3. The largest absolute Gasteiger partial charge is 0.394 e. The second kappa shape index (κ2) is 11.5. The van der Waals surface area contributed by atoms with Gasteiger partial charge in [-0.2, -0.15) is 0 Å². The van der Waals surface area contributed by atoms with E-state index in [4.69, 9.17) is 0 Å². The molecule has 1 N–H and O–H groups in total. The van der Waals surface area contributed by atoms with Gasteiger partial charge in [-0.1, -0.05) is 45.8 Å². The molecule has 3 fully saturated rings. The van der Waals surface area contributed by atoms with Crippen LogP contribution in [-0.4, -0.2) is 92.9 Å². The van der Waals surface area contributed by atoms with Crippen LogP contribution in [0.4, 0.5) is 0 Å². The zero-order valence-electron chi connectivity index (χ0n) is 21.8. The van der Waals surface area contributed by atoms with Crippen LogP contribution in [-0.2, 0) is 14.4 Å². The molecule has 196 valence electrons. The number of hydrogen-bond donors (Lipinski definition) is 1. The minimum Gasteiger partial charge on any atom is -0.394 e. The summed E-state index contributed by atoms with van der Waals surface area (Å²) in [5.41, 5.74) is 0. The Morgan fingerprint density at radius 3 is 2.49 bits per heavy atom. The highest BCUT2D eigenvalue weighted by Gasteiger charge is 2.76. The molecule has 7 nitrogen and oxygen atoms in total.